The van der Waals surface area contributed by atoms with Crippen molar-refractivity contribution in [2.45, 2.75) is 64.0 Å². The van der Waals surface area contributed by atoms with Crippen molar-refractivity contribution in [3.8, 4) is 0 Å². The van der Waals surface area contributed by atoms with Crippen LogP contribution in [0.3, 0.4) is 0 Å². The van der Waals surface area contributed by atoms with Crippen LogP contribution in [0.25, 0.3) is 0 Å². The Labute approximate surface area is 153 Å². The molecule has 1 aliphatic heterocycles. The van der Waals surface area contributed by atoms with E-state index in [0.717, 1.165) is 43.4 Å². The second-order valence-electron chi connectivity index (χ2n) is 7.80. The van der Waals surface area contributed by atoms with Gasteiger partial charge in [0.05, 0.1) is 11.8 Å². The van der Waals surface area contributed by atoms with Crippen molar-refractivity contribution in [2.24, 2.45) is 5.92 Å². The summed E-state index contributed by atoms with van der Waals surface area (Å²) in [5, 5.41) is 14.4. The van der Waals surface area contributed by atoms with E-state index in [1.807, 2.05) is 24.3 Å². The molecule has 2 fully saturated rings. The quantitative estimate of drug-likeness (QED) is 0.871. The SMILES string of the molecule is Cc1cc(C[C@@H]2CN(Cc3ccc(C4CCCCC4)s3)C[C@@H]2O)on1. The largest absolute Gasteiger partial charge is 0.391 e. The van der Waals surface area contributed by atoms with Crippen molar-refractivity contribution in [1.82, 2.24) is 10.1 Å². The maximum Gasteiger partial charge on any atom is 0.137 e. The van der Waals surface area contributed by atoms with E-state index >= 15 is 0 Å². The average Bonchev–Trinajstić information content (AvgIpc) is 3.31. The van der Waals surface area contributed by atoms with Gasteiger partial charge >= 0.3 is 0 Å². The molecule has 0 bridgehead atoms. The number of thiophene rings is 1. The number of aliphatic hydroxyl groups excluding tert-OH is 1. The number of β-amino-alcohol motifs (C(OH)–C–C–N with tert-alkyl or cyclic N) is 1. The van der Waals surface area contributed by atoms with Crippen LogP contribution in [-0.4, -0.2) is 34.4 Å². The minimum atomic E-state index is -0.275. The third-order valence-corrected chi connectivity index (χ3v) is 6.92. The highest BCUT2D eigenvalue weighted by atomic mass is 32.1. The minimum absolute atomic E-state index is 0.241. The first-order chi connectivity index (χ1) is 12.2. The van der Waals surface area contributed by atoms with Crippen molar-refractivity contribution < 1.29 is 9.63 Å². The van der Waals surface area contributed by atoms with Crippen molar-refractivity contribution in [3.05, 3.63) is 39.4 Å². The molecule has 2 aromatic rings. The van der Waals surface area contributed by atoms with Gasteiger partial charge in [0, 0.05) is 47.8 Å². The smallest absolute Gasteiger partial charge is 0.137 e. The van der Waals surface area contributed by atoms with Crippen LogP contribution in [0.1, 0.15) is 59.2 Å². The Morgan fingerprint density at radius 2 is 2.08 bits per heavy atom. The third-order valence-electron chi connectivity index (χ3n) is 5.69. The van der Waals surface area contributed by atoms with Gasteiger partial charge in [-0.25, -0.2) is 0 Å². The number of aliphatic hydroxyl groups is 1. The molecule has 3 heterocycles. The lowest BCUT2D eigenvalue weighted by Crippen LogP contribution is -2.20. The summed E-state index contributed by atoms with van der Waals surface area (Å²) in [6.07, 6.45) is 7.41. The van der Waals surface area contributed by atoms with Crippen molar-refractivity contribution >= 4 is 11.3 Å². The van der Waals surface area contributed by atoms with Crippen LogP contribution in [-0.2, 0) is 13.0 Å². The third kappa shape index (κ3) is 4.15. The molecule has 0 radical (unpaired) electrons. The molecule has 4 nitrogen and oxygen atoms in total. The molecular weight excluding hydrogens is 332 g/mol. The molecule has 1 N–H and O–H groups in total. The van der Waals surface area contributed by atoms with Gasteiger partial charge in [-0.1, -0.05) is 24.4 Å². The summed E-state index contributed by atoms with van der Waals surface area (Å²) in [5.74, 6) is 1.92. The summed E-state index contributed by atoms with van der Waals surface area (Å²) < 4.78 is 5.32. The molecule has 0 aromatic carbocycles. The first-order valence-electron chi connectivity index (χ1n) is 9.58. The molecular formula is C20H28N2O2S. The first-order valence-corrected chi connectivity index (χ1v) is 10.4. The van der Waals surface area contributed by atoms with Crippen LogP contribution in [0.15, 0.2) is 22.7 Å². The van der Waals surface area contributed by atoms with Crippen LogP contribution in [0.5, 0.6) is 0 Å². The highest BCUT2D eigenvalue weighted by Crippen LogP contribution is 2.37. The highest BCUT2D eigenvalue weighted by molar-refractivity contribution is 7.12. The number of nitrogens with zero attached hydrogens (tertiary/aromatic N) is 2. The summed E-state index contributed by atoms with van der Waals surface area (Å²) in [7, 11) is 0. The van der Waals surface area contributed by atoms with E-state index in [1.54, 1.807) is 4.88 Å². The van der Waals surface area contributed by atoms with Crippen molar-refractivity contribution in [3.63, 3.8) is 0 Å². The lowest BCUT2D eigenvalue weighted by molar-refractivity contribution is 0.137. The number of aromatic nitrogens is 1. The molecule has 2 atom stereocenters. The van der Waals surface area contributed by atoms with Gasteiger partial charge in [0.15, 0.2) is 0 Å². The molecule has 0 spiro atoms. The topological polar surface area (TPSA) is 49.5 Å². The van der Waals surface area contributed by atoms with E-state index < -0.39 is 0 Å². The Morgan fingerprint density at radius 1 is 1.24 bits per heavy atom. The van der Waals surface area contributed by atoms with E-state index in [2.05, 4.69) is 22.2 Å². The zero-order chi connectivity index (χ0) is 17.2. The zero-order valence-corrected chi connectivity index (χ0v) is 15.8. The molecule has 136 valence electrons. The number of hydrogen-bond acceptors (Lipinski definition) is 5. The molecule has 4 rings (SSSR count). The Bertz CT molecular complexity index is 689. The second kappa shape index (κ2) is 7.60. The van der Waals surface area contributed by atoms with Crippen LogP contribution in [0.4, 0.5) is 0 Å². The van der Waals surface area contributed by atoms with Gasteiger partial charge in [0.25, 0.3) is 0 Å². The lowest BCUT2D eigenvalue weighted by atomic mass is 9.88. The van der Waals surface area contributed by atoms with Crippen LogP contribution < -0.4 is 0 Å². The molecule has 25 heavy (non-hydrogen) atoms. The molecule has 2 aliphatic rings. The lowest BCUT2D eigenvalue weighted by Gasteiger charge is -2.20. The van der Waals surface area contributed by atoms with Gasteiger partial charge < -0.3 is 9.63 Å². The fourth-order valence-electron chi connectivity index (χ4n) is 4.35. The predicted molar refractivity (Wildman–Crippen MR) is 99.9 cm³/mol. The zero-order valence-electron chi connectivity index (χ0n) is 15.0. The minimum Gasteiger partial charge on any atom is -0.391 e. The maximum absolute atomic E-state index is 10.4. The van der Waals surface area contributed by atoms with Gasteiger partial charge in [-0.2, -0.15) is 0 Å². The van der Waals surface area contributed by atoms with Gasteiger partial charge in [0.1, 0.15) is 5.76 Å². The van der Waals surface area contributed by atoms with E-state index in [4.69, 9.17) is 4.52 Å². The molecule has 0 unspecified atom stereocenters. The monoisotopic (exact) mass is 360 g/mol. The molecule has 1 saturated carbocycles. The summed E-state index contributed by atoms with van der Waals surface area (Å²) in [6.45, 7) is 4.58. The van der Waals surface area contributed by atoms with Gasteiger partial charge in [0.2, 0.25) is 0 Å². The molecule has 1 aliphatic carbocycles. The predicted octanol–water partition coefficient (Wildman–Crippen LogP) is 4.13. The van der Waals surface area contributed by atoms with E-state index in [1.165, 1.54) is 37.0 Å². The Kier molecular flexibility index (Phi) is 5.25. The molecule has 0 amide bonds. The summed E-state index contributed by atoms with van der Waals surface area (Å²) in [4.78, 5) is 5.39. The van der Waals surface area contributed by atoms with E-state index in [9.17, 15) is 5.11 Å². The Balaban J connectivity index is 1.33. The van der Waals surface area contributed by atoms with E-state index in [0.29, 0.717) is 0 Å². The van der Waals surface area contributed by atoms with Crippen molar-refractivity contribution in [2.75, 3.05) is 13.1 Å². The fraction of sp³-hybridized carbons (Fsp3) is 0.650. The standard InChI is InChI=1S/C20H28N2O2S/c1-14-9-17(24-21-14)10-16-11-22(13-19(16)23)12-18-7-8-20(25-18)15-5-3-2-4-6-15/h7-9,15-16,19,23H,2-6,10-13H2,1H3/t16-,19+/m1/s1. The number of hydrogen-bond donors (Lipinski definition) is 1. The maximum atomic E-state index is 10.4. The number of rotatable bonds is 5. The van der Waals surface area contributed by atoms with Crippen LogP contribution in [0.2, 0.25) is 0 Å². The van der Waals surface area contributed by atoms with Gasteiger partial charge in [-0.05, 0) is 37.8 Å². The van der Waals surface area contributed by atoms with Gasteiger partial charge in [-0.15, -0.1) is 11.3 Å². The van der Waals surface area contributed by atoms with Crippen LogP contribution >= 0.6 is 11.3 Å². The molecule has 1 saturated heterocycles. The number of likely N-dealkylation sites (tertiary alicyclic amines) is 1. The normalized spacial score (nSPS) is 25.7. The summed E-state index contributed by atoms with van der Waals surface area (Å²) >= 11 is 1.98. The summed E-state index contributed by atoms with van der Waals surface area (Å²) in [6, 6.07) is 6.62. The molecule has 2 aromatic heterocycles. The first kappa shape index (κ1) is 17.3. The second-order valence-corrected chi connectivity index (χ2v) is 9.00. The van der Waals surface area contributed by atoms with E-state index in [-0.39, 0.29) is 12.0 Å². The highest BCUT2D eigenvalue weighted by Gasteiger charge is 2.32. The summed E-state index contributed by atoms with van der Waals surface area (Å²) in [5.41, 5.74) is 0.910. The average molecular weight is 361 g/mol. The van der Waals surface area contributed by atoms with Crippen LogP contribution in [0, 0.1) is 12.8 Å². The number of aryl methyl sites for hydroxylation is 1. The van der Waals surface area contributed by atoms with Crippen molar-refractivity contribution in [1.29, 1.82) is 0 Å². The van der Waals surface area contributed by atoms with Gasteiger partial charge in [-0.3, -0.25) is 4.90 Å². The fourth-order valence-corrected chi connectivity index (χ4v) is 5.57. The Hall–Kier alpha value is -1.17. The molecule has 5 heteroatoms. The Morgan fingerprint density at radius 3 is 2.84 bits per heavy atom.